The van der Waals surface area contributed by atoms with Gasteiger partial charge in [-0.05, 0) is 81.5 Å². The number of likely N-dealkylation sites (tertiary alicyclic amines) is 1. The number of benzene rings is 1. The molecule has 1 aromatic heterocycles. The van der Waals surface area contributed by atoms with Crippen LogP contribution >= 0.6 is 0 Å². The summed E-state index contributed by atoms with van der Waals surface area (Å²) in [4.78, 5) is 20.6. The van der Waals surface area contributed by atoms with Crippen LogP contribution in [0.5, 0.6) is 5.75 Å². The van der Waals surface area contributed by atoms with Gasteiger partial charge in [0.05, 0.1) is 7.11 Å². The molecule has 0 saturated carbocycles. The first-order valence-corrected chi connectivity index (χ1v) is 11.8. The molecular weight excluding hydrogens is 398 g/mol. The minimum Gasteiger partial charge on any atom is -0.497 e. The molecule has 2 aliphatic heterocycles. The maximum Gasteiger partial charge on any atom is 0.254 e. The van der Waals surface area contributed by atoms with Crippen molar-refractivity contribution in [3.63, 3.8) is 0 Å². The number of methoxy groups -OCH3 is 1. The third-order valence-electron chi connectivity index (χ3n) is 6.85. The minimum absolute atomic E-state index is 0.127. The van der Waals surface area contributed by atoms with Gasteiger partial charge in [0.2, 0.25) is 0 Å². The molecule has 0 spiro atoms. The first-order chi connectivity index (χ1) is 15.6. The van der Waals surface area contributed by atoms with Gasteiger partial charge in [-0.25, -0.2) is 0 Å². The van der Waals surface area contributed by atoms with Crippen LogP contribution in [0.2, 0.25) is 0 Å². The maximum atomic E-state index is 12.6. The molecule has 1 amide bonds. The predicted octanol–water partition coefficient (Wildman–Crippen LogP) is 4.86. The normalized spacial score (nSPS) is 19.8. The second kappa shape index (κ2) is 10.2. The first-order valence-electron chi connectivity index (χ1n) is 11.8. The van der Waals surface area contributed by atoms with E-state index in [0.717, 1.165) is 49.2 Å². The van der Waals surface area contributed by atoms with Gasteiger partial charge in [-0.2, -0.15) is 0 Å². The Labute approximate surface area is 191 Å². The van der Waals surface area contributed by atoms with E-state index in [1.54, 1.807) is 13.2 Å². The van der Waals surface area contributed by atoms with E-state index >= 15 is 0 Å². The van der Waals surface area contributed by atoms with Crippen LogP contribution in [0.1, 0.15) is 38.2 Å². The molecule has 0 radical (unpaired) electrons. The number of hydrogen-bond donors (Lipinski definition) is 1. The molecule has 1 N–H and O–H groups in total. The summed E-state index contributed by atoms with van der Waals surface area (Å²) in [6, 6.07) is 6.83. The second-order valence-electron chi connectivity index (χ2n) is 8.84. The van der Waals surface area contributed by atoms with Gasteiger partial charge in [0.25, 0.3) is 5.91 Å². The number of carbonyl (C=O) groups is 1. The van der Waals surface area contributed by atoms with Crippen LogP contribution in [0.15, 0.2) is 60.3 Å². The smallest absolute Gasteiger partial charge is 0.254 e. The molecule has 1 atom stereocenters. The molecule has 1 unspecified atom stereocenters. The second-order valence-corrected chi connectivity index (χ2v) is 8.84. The van der Waals surface area contributed by atoms with Crippen molar-refractivity contribution >= 4 is 16.8 Å². The summed E-state index contributed by atoms with van der Waals surface area (Å²) in [7, 11) is 1.72. The molecule has 1 fully saturated rings. The van der Waals surface area contributed by atoms with E-state index in [9.17, 15) is 4.79 Å². The zero-order valence-corrected chi connectivity index (χ0v) is 19.4. The number of H-pyrrole nitrogens is 1. The highest BCUT2D eigenvalue weighted by Crippen LogP contribution is 2.28. The van der Waals surface area contributed by atoms with E-state index in [1.807, 2.05) is 30.0 Å². The van der Waals surface area contributed by atoms with Gasteiger partial charge < -0.3 is 19.5 Å². The van der Waals surface area contributed by atoms with E-state index in [1.165, 1.54) is 35.9 Å². The molecule has 3 heterocycles. The van der Waals surface area contributed by atoms with Gasteiger partial charge in [-0.1, -0.05) is 24.8 Å². The molecule has 0 aliphatic carbocycles. The fraction of sp³-hybridized carbons (Fsp3) is 0.444. The third kappa shape index (κ3) is 4.68. The molecule has 5 nitrogen and oxygen atoms in total. The molecule has 0 bridgehead atoms. The lowest BCUT2D eigenvalue weighted by Crippen LogP contribution is -2.33. The zero-order chi connectivity index (χ0) is 22.5. The van der Waals surface area contributed by atoms with E-state index < -0.39 is 0 Å². The number of ether oxygens (including phenoxy) is 1. The van der Waals surface area contributed by atoms with Crippen molar-refractivity contribution in [3.05, 3.63) is 65.9 Å². The summed E-state index contributed by atoms with van der Waals surface area (Å²) in [5, 5.41) is 1.27. The number of allylic oxidation sites excluding steroid dienone is 1. The number of amides is 1. The number of carbonyl (C=O) groups excluding carboxylic acids is 1. The SMILES string of the molecule is C=CC1=C(/C=C\C)CN(CCCCN2CCCC2Cc2c[nH]c3ccc(OC)cc23)C1=O. The highest BCUT2D eigenvalue weighted by Gasteiger charge is 2.27. The Morgan fingerprint density at radius 1 is 1.28 bits per heavy atom. The molecule has 2 aliphatic rings. The van der Waals surface area contributed by atoms with Crippen LogP contribution < -0.4 is 4.74 Å². The van der Waals surface area contributed by atoms with E-state index in [2.05, 4.69) is 34.8 Å². The van der Waals surface area contributed by atoms with Crippen molar-refractivity contribution in [3.8, 4) is 5.75 Å². The molecule has 32 heavy (non-hydrogen) atoms. The number of fused-ring (bicyclic) bond motifs is 1. The lowest BCUT2D eigenvalue weighted by atomic mass is 10.0. The van der Waals surface area contributed by atoms with Crippen molar-refractivity contribution in [1.82, 2.24) is 14.8 Å². The topological polar surface area (TPSA) is 48.6 Å². The van der Waals surface area contributed by atoms with Crippen LogP contribution in [0, 0.1) is 0 Å². The van der Waals surface area contributed by atoms with Gasteiger partial charge in [-0.3, -0.25) is 4.79 Å². The fourth-order valence-corrected chi connectivity index (χ4v) is 5.16. The number of nitrogens with one attached hydrogen (secondary N) is 1. The molecule has 5 heteroatoms. The number of rotatable bonds is 10. The van der Waals surface area contributed by atoms with Gasteiger partial charge in [0, 0.05) is 41.8 Å². The van der Waals surface area contributed by atoms with Gasteiger partial charge in [0.15, 0.2) is 0 Å². The van der Waals surface area contributed by atoms with Crippen LogP contribution in [0.4, 0.5) is 0 Å². The number of aromatic nitrogens is 1. The van der Waals surface area contributed by atoms with E-state index in [4.69, 9.17) is 4.74 Å². The fourth-order valence-electron chi connectivity index (χ4n) is 5.16. The summed E-state index contributed by atoms with van der Waals surface area (Å²) >= 11 is 0. The number of unbranched alkanes of at least 4 members (excludes halogenated alkanes) is 1. The molecule has 1 aromatic carbocycles. The Morgan fingerprint density at radius 3 is 2.91 bits per heavy atom. The Morgan fingerprint density at radius 2 is 2.12 bits per heavy atom. The Balaban J connectivity index is 1.28. The van der Waals surface area contributed by atoms with Crippen LogP contribution in [0.3, 0.4) is 0 Å². The summed E-state index contributed by atoms with van der Waals surface area (Å²) in [6.07, 6.45) is 13.6. The Bertz CT molecular complexity index is 1030. The van der Waals surface area contributed by atoms with Gasteiger partial charge >= 0.3 is 0 Å². The highest BCUT2D eigenvalue weighted by molar-refractivity contribution is 6.00. The predicted molar refractivity (Wildman–Crippen MR) is 131 cm³/mol. The van der Waals surface area contributed by atoms with Crippen LogP contribution in [-0.2, 0) is 11.2 Å². The summed E-state index contributed by atoms with van der Waals surface area (Å²) in [6.45, 7) is 9.61. The maximum absolute atomic E-state index is 12.6. The number of aromatic amines is 1. The van der Waals surface area contributed by atoms with Gasteiger partial charge in [-0.15, -0.1) is 0 Å². The largest absolute Gasteiger partial charge is 0.497 e. The van der Waals surface area contributed by atoms with Crippen molar-refractivity contribution in [2.75, 3.05) is 33.3 Å². The quantitative estimate of drug-likeness (QED) is 0.544. The lowest BCUT2D eigenvalue weighted by Gasteiger charge is -2.25. The zero-order valence-electron chi connectivity index (χ0n) is 19.4. The molecular formula is C27H35N3O2. The summed E-state index contributed by atoms with van der Waals surface area (Å²) < 4.78 is 5.42. The van der Waals surface area contributed by atoms with Gasteiger partial charge in [0.1, 0.15) is 5.75 Å². The molecule has 2 aromatic rings. The highest BCUT2D eigenvalue weighted by atomic mass is 16.5. The molecule has 170 valence electrons. The lowest BCUT2D eigenvalue weighted by molar-refractivity contribution is -0.125. The van der Waals surface area contributed by atoms with Crippen LogP contribution in [0.25, 0.3) is 10.9 Å². The van der Waals surface area contributed by atoms with Crippen molar-refractivity contribution in [2.24, 2.45) is 0 Å². The van der Waals surface area contributed by atoms with E-state index in [0.29, 0.717) is 12.6 Å². The minimum atomic E-state index is 0.127. The summed E-state index contributed by atoms with van der Waals surface area (Å²) in [5.74, 6) is 1.03. The summed E-state index contributed by atoms with van der Waals surface area (Å²) in [5.41, 5.74) is 4.39. The Hall–Kier alpha value is -2.79. The van der Waals surface area contributed by atoms with Crippen molar-refractivity contribution < 1.29 is 9.53 Å². The van der Waals surface area contributed by atoms with E-state index in [-0.39, 0.29) is 5.91 Å². The molecule has 4 rings (SSSR count). The van der Waals surface area contributed by atoms with Crippen LogP contribution in [-0.4, -0.2) is 60.0 Å². The van der Waals surface area contributed by atoms with Crippen molar-refractivity contribution in [2.45, 2.75) is 45.1 Å². The van der Waals surface area contributed by atoms with Crippen molar-refractivity contribution in [1.29, 1.82) is 0 Å². The standard InChI is InChI=1S/C27H35N3O2/c1-4-9-20-19-30(27(31)24(20)5-2)14-7-6-13-29-15-8-10-22(29)16-21-18-28-26-12-11-23(32-3)17-25(21)26/h4-5,9,11-12,17-18,22,28H,2,6-8,10,13-16,19H2,1,3H3/b9-4-. The Kier molecular flexibility index (Phi) is 7.15. The average molecular weight is 434 g/mol. The molecule has 1 saturated heterocycles. The first kappa shape index (κ1) is 22.4. The number of hydrogen-bond acceptors (Lipinski definition) is 3. The monoisotopic (exact) mass is 433 g/mol. The third-order valence-corrected chi connectivity index (χ3v) is 6.85. The number of nitrogens with zero attached hydrogens (tertiary/aromatic N) is 2. The average Bonchev–Trinajstić information content (AvgIpc) is 3.50.